The van der Waals surface area contributed by atoms with Crippen LogP contribution in [0.5, 0.6) is 0 Å². The topological polar surface area (TPSA) is 63.3 Å². The molecule has 0 amide bonds. The Labute approximate surface area is 161 Å². The van der Waals surface area contributed by atoms with E-state index in [2.05, 4.69) is 34.3 Å². The Hall–Kier alpha value is -1.58. The van der Waals surface area contributed by atoms with Gasteiger partial charge in [0, 0.05) is 57.3 Å². The summed E-state index contributed by atoms with van der Waals surface area (Å²) in [7, 11) is 5.93. The molecule has 0 aliphatic carbocycles. The van der Waals surface area contributed by atoms with Crippen LogP contribution >= 0.6 is 24.0 Å². The maximum absolute atomic E-state index is 4.77. The first kappa shape index (κ1) is 20.5. The number of guanidine groups is 1. The number of aliphatic imine (C=N–C) groups is 1. The van der Waals surface area contributed by atoms with E-state index >= 15 is 0 Å². The van der Waals surface area contributed by atoms with E-state index < -0.39 is 0 Å². The van der Waals surface area contributed by atoms with Gasteiger partial charge in [0.25, 0.3) is 0 Å². The predicted octanol–water partition coefficient (Wildman–Crippen LogP) is 1.99. The third-order valence-electron chi connectivity index (χ3n) is 3.92. The Morgan fingerprint density at radius 3 is 2.54 bits per heavy atom. The van der Waals surface area contributed by atoms with Crippen LogP contribution in [0.3, 0.4) is 0 Å². The molecular formula is C16H28IN7. The van der Waals surface area contributed by atoms with Crippen LogP contribution in [0.1, 0.15) is 29.4 Å². The van der Waals surface area contributed by atoms with E-state index in [9.17, 15) is 0 Å². The molecule has 0 aromatic carbocycles. The van der Waals surface area contributed by atoms with Crippen LogP contribution in [-0.4, -0.2) is 44.0 Å². The molecule has 0 saturated heterocycles. The van der Waals surface area contributed by atoms with Gasteiger partial charge >= 0.3 is 0 Å². The number of nitrogens with one attached hydrogen (secondary N) is 1. The van der Waals surface area contributed by atoms with E-state index in [1.807, 2.05) is 49.8 Å². The summed E-state index contributed by atoms with van der Waals surface area (Å²) in [6.45, 7) is 8.42. The fraction of sp³-hybridized carbons (Fsp3) is 0.562. The molecule has 0 aliphatic heterocycles. The molecule has 2 heterocycles. The average molecular weight is 445 g/mol. The number of hydrogen-bond donors (Lipinski definition) is 1. The van der Waals surface area contributed by atoms with Crippen molar-refractivity contribution in [2.24, 2.45) is 19.1 Å². The van der Waals surface area contributed by atoms with E-state index in [-0.39, 0.29) is 24.0 Å². The highest BCUT2D eigenvalue weighted by molar-refractivity contribution is 14.0. The summed E-state index contributed by atoms with van der Waals surface area (Å²) >= 11 is 0. The molecule has 2 aromatic heterocycles. The molecule has 0 aliphatic rings. The van der Waals surface area contributed by atoms with Crippen molar-refractivity contribution < 1.29 is 0 Å². The molecule has 1 N–H and O–H groups in total. The van der Waals surface area contributed by atoms with Crippen molar-refractivity contribution in [1.29, 1.82) is 0 Å². The fourth-order valence-electron chi connectivity index (χ4n) is 2.57. The van der Waals surface area contributed by atoms with Gasteiger partial charge in [0.2, 0.25) is 0 Å². The first-order chi connectivity index (χ1) is 10.9. The van der Waals surface area contributed by atoms with E-state index in [4.69, 9.17) is 4.99 Å². The maximum atomic E-state index is 4.77. The summed E-state index contributed by atoms with van der Waals surface area (Å²) in [5, 5.41) is 12.0. The summed E-state index contributed by atoms with van der Waals surface area (Å²) in [5.41, 5.74) is 4.56. The SMILES string of the molecule is CCNC(=NCc1c(C)nn(C)c1C)N(C)Cc1cnn(C)c1.I. The lowest BCUT2D eigenvalue weighted by Gasteiger charge is -2.21. The normalized spacial score (nSPS) is 11.3. The molecular weight excluding hydrogens is 417 g/mol. The summed E-state index contributed by atoms with van der Waals surface area (Å²) in [4.78, 5) is 6.89. The molecule has 2 aromatic rings. The van der Waals surface area contributed by atoms with Crippen molar-refractivity contribution in [3.63, 3.8) is 0 Å². The Balaban J connectivity index is 0.00000288. The van der Waals surface area contributed by atoms with E-state index in [0.717, 1.165) is 36.0 Å². The van der Waals surface area contributed by atoms with Crippen LogP contribution in [0.25, 0.3) is 0 Å². The Kier molecular flexibility index (Phi) is 7.71. The standard InChI is InChI=1S/C16H27N7.HI/c1-7-17-16(21(4)10-14-8-19-22(5)11-14)18-9-15-12(2)20-23(6)13(15)3;/h8,11H,7,9-10H2,1-6H3,(H,17,18);1H. The zero-order valence-electron chi connectivity index (χ0n) is 15.4. The second-order valence-corrected chi connectivity index (χ2v) is 5.82. The van der Waals surface area contributed by atoms with Crippen LogP contribution < -0.4 is 5.32 Å². The van der Waals surface area contributed by atoms with Crippen LogP contribution in [-0.2, 0) is 27.2 Å². The van der Waals surface area contributed by atoms with Crippen LogP contribution in [0.15, 0.2) is 17.4 Å². The molecule has 0 radical (unpaired) electrons. The third kappa shape index (κ3) is 4.96. The smallest absolute Gasteiger partial charge is 0.194 e. The monoisotopic (exact) mass is 445 g/mol. The number of aromatic nitrogens is 4. The van der Waals surface area contributed by atoms with Crippen LogP contribution in [0.4, 0.5) is 0 Å². The minimum atomic E-state index is 0. The van der Waals surface area contributed by atoms with Gasteiger partial charge in [0.15, 0.2) is 5.96 Å². The van der Waals surface area contributed by atoms with Gasteiger partial charge in [-0.05, 0) is 20.8 Å². The fourth-order valence-corrected chi connectivity index (χ4v) is 2.57. The molecule has 134 valence electrons. The summed E-state index contributed by atoms with van der Waals surface area (Å²) in [5.74, 6) is 0.888. The minimum Gasteiger partial charge on any atom is -0.357 e. The summed E-state index contributed by atoms with van der Waals surface area (Å²) in [6.07, 6.45) is 3.91. The second-order valence-electron chi connectivity index (χ2n) is 5.82. The largest absolute Gasteiger partial charge is 0.357 e. The lowest BCUT2D eigenvalue weighted by Crippen LogP contribution is -2.38. The number of nitrogens with zero attached hydrogens (tertiary/aromatic N) is 6. The van der Waals surface area contributed by atoms with Crippen molar-refractivity contribution in [3.05, 3.63) is 34.9 Å². The zero-order valence-corrected chi connectivity index (χ0v) is 17.7. The Morgan fingerprint density at radius 1 is 1.33 bits per heavy atom. The zero-order chi connectivity index (χ0) is 17.0. The Bertz CT molecular complexity index is 687. The first-order valence-electron chi connectivity index (χ1n) is 7.88. The second kappa shape index (κ2) is 9.05. The molecule has 8 heteroatoms. The van der Waals surface area contributed by atoms with Gasteiger partial charge in [-0.25, -0.2) is 4.99 Å². The van der Waals surface area contributed by atoms with Gasteiger partial charge in [0.1, 0.15) is 0 Å². The molecule has 0 atom stereocenters. The molecule has 0 unspecified atom stereocenters. The van der Waals surface area contributed by atoms with Gasteiger partial charge < -0.3 is 10.2 Å². The number of hydrogen-bond acceptors (Lipinski definition) is 3. The van der Waals surface area contributed by atoms with Crippen molar-refractivity contribution >= 4 is 29.9 Å². The lowest BCUT2D eigenvalue weighted by atomic mass is 10.2. The minimum absolute atomic E-state index is 0. The average Bonchev–Trinajstić information content (AvgIpc) is 3.00. The molecule has 0 fully saturated rings. The molecule has 0 bridgehead atoms. The molecule has 0 saturated carbocycles. The van der Waals surface area contributed by atoms with Crippen molar-refractivity contribution in [2.45, 2.75) is 33.9 Å². The number of aryl methyl sites for hydroxylation is 3. The molecule has 7 nitrogen and oxygen atoms in total. The van der Waals surface area contributed by atoms with Gasteiger partial charge in [-0.2, -0.15) is 10.2 Å². The van der Waals surface area contributed by atoms with Gasteiger partial charge in [-0.15, -0.1) is 24.0 Å². The lowest BCUT2D eigenvalue weighted by molar-refractivity contribution is 0.476. The predicted molar refractivity (Wildman–Crippen MR) is 108 cm³/mol. The summed E-state index contributed by atoms with van der Waals surface area (Å²) < 4.78 is 3.72. The van der Waals surface area contributed by atoms with Crippen molar-refractivity contribution in [3.8, 4) is 0 Å². The van der Waals surface area contributed by atoms with E-state index in [1.54, 1.807) is 0 Å². The molecule has 0 spiro atoms. The molecule has 24 heavy (non-hydrogen) atoms. The maximum Gasteiger partial charge on any atom is 0.194 e. The highest BCUT2D eigenvalue weighted by Gasteiger charge is 2.11. The van der Waals surface area contributed by atoms with Crippen molar-refractivity contribution in [2.75, 3.05) is 13.6 Å². The third-order valence-corrected chi connectivity index (χ3v) is 3.92. The number of rotatable bonds is 5. The highest BCUT2D eigenvalue weighted by Crippen LogP contribution is 2.13. The van der Waals surface area contributed by atoms with Crippen molar-refractivity contribution in [1.82, 2.24) is 29.8 Å². The number of halogens is 1. The van der Waals surface area contributed by atoms with Gasteiger partial charge in [-0.3, -0.25) is 9.36 Å². The van der Waals surface area contributed by atoms with Crippen LogP contribution in [0.2, 0.25) is 0 Å². The highest BCUT2D eigenvalue weighted by atomic mass is 127. The Morgan fingerprint density at radius 2 is 2.04 bits per heavy atom. The van der Waals surface area contributed by atoms with Gasteiger partial charge in [0.05, 0.1) is 18.4 Å². The quantitative estimate of drug-likeness (QED) is 0.435. The molecule has 2 rings (SSSR count). The van der Waals surface area contributed by atoms with Crippen LogP contribution in [0, 0.1) is 13.8 Å². The first-order valence-corrected chi connectivity index (χ1v) is 7.88. The van der Waals surface area contributed by atoms with Gasteiger partial charge in [-0.1, -0.05) is 0 Å². The van der Waals surface area contributed by atoms with E-state index in [1.165, 1.54) is 5.56 Å². The summed E-state index contributed by atoms with van der Waals surface area (Å²) in [6, 6.07) is 0. The van der Waals surface area contributed by atoms with E-state index in [0.29, 0.717) is 6.54 Å².